The van der Waals surface area contributed by atoms with E-state index in [1.807, 2.05) is 6.08 Å². The average Bonchev–Trinajstić information content (AvgIpc) is 2.39. The Bertz CT molecular complexity index is 502. The number of sulfone groups is 1. The van der Waals surface area contributed by atoms with Gasteiger partial charge in [-0.1, -0.05) is 19.9 Å². The van der Waals surface area contributed by atoms with Gasteiger partial charge in [-0.25, -0.2) is 8.42 Å². The Morgan fingerprint density at radius 3 is 2.88 bits per heavy atom. The summed E-state index contributed by atoms with van der Waals surface area (Å²) in [5.41, 5.74) is 1.05. The van der Waals surface area contributed by atoms with Crippen molar-refractivity contribution in [3.8, 4) is 0 Å². The van der Waals surface area contributed by atoms with Gasteiger partial charge in [0, 0.05) is 16.2 Å². The van der Waals surface area contributed by atoms with E-state index in [0.717, 1.165) is 24.8 Å². The van der Waals surface area contributed by atoms with Gasteiger partial charge in [-0.3, -0.25) is 0 Å². The molecule has 16 heavy (non-hydrogen) atoms. The Labute approximate surface area is 97.3 Å². The molecule has 2 fully saturated rings. The molecule has 0 aromatic heterocycles. The molecular formula is C13H18O2S. The molecule has 1 aliphatic heterocycles. The molecule has 2 nitrogen and oxygen atoms in total. The summed E-state index contributed by atoms with van der Waals surface area (Å²) in [5.74, 6) is 0.275. The zero-order valence-corrected chi connectivity index (χ0v) is 10.7. The molecule has 3 aliphatic rings. The van der Waals surface area contributed by atoms with Crippen LogP contribution in [0.3, 0.4) is 0 Å². The van der Waals surface area contributed by atoms with Crippen LogP contribution in [0, 0.1) is 16.7 Å². The lowest BCUT2D eigenvalue weighted by Crippen LogP contribution is -2.60. The second-order valence-electron chi connectivity index (χ2n) is 5.91. The highest BCUT2D eigenvalue weighted by atomic mass is 32.2. The third-order valence-electron chi connectivity index (χ3n) is 5.39. The van der Waals surface area contributed by atoms with Gasteiger partial charge in [0.05, 0.1) is 5.25 Å². The molecule has 3 heteroatoms. The van der Waals surface area contributed by atoms with Crippen LogP contribution in [0.2, 0.25) is 0 Å². The van der Waals surface area contributed by atoms with E-state index >= 15 is 0 Å². The van der Waals surface area contributed by atoms with Crippen molar-refractivity contribution in [3.63, 3.8) is 0 Å². The minimum Gasteiger partial charge on any atom is -0.224 e. The maximum absolute atomic E-state index is 12.2. The van der Waals surface area contributed by atoms with E-state index in [9.17, 15) is 8.42 Å². The molecule has 2 saturated carbocycles. The maximum atomic E-state index is 12.2. The molecule has 0 N–H and O–H groups in total. The van der Waals surface area contributed by atoms with Crippen LogP contribution >= 0.6 is 0 Å². The fraction of sp³-hybridized carbons (Fsp3) is 0.692. The predicted molar refractivity (Wildman–Crippen MR) is 64.5 cm³/mol. The quantitative estimate of drug-likeness (QED) is 0.658. The Kier molecular flexibility index (Phi) is 1.74. The zero-order valence-electron chi connectivity index (χ0n) is 9.86. The first-order chi connectivity index (χ1) is 7.37. The summed E-state index contributed by atoms with van der Waals surface area (Å²) in [7, 11) is -3.02. The molecule has 0 aromatic carbocycles. The molecule has 4 atom stereocenters. The molecule has 2 aliphatic carbocycles. The molecule has 0 bridgehead atoms. The highest BCUT2D eigenvalue weighted by Crippen LogP contribution is 2.72. The van der Waals surface area contributed by atoms with E-state index in [2.05, 4.69) is 20.4 Å². The van der Waals surface area contributed by atoms with Gasteiger partial charge in [0.1, 0.15) is 0 Å². The maximum Gasteiger partial charge on any atom is 0.175 e. The lowest BCUT2D eigenvalue weighted by Gasteiger charge is -2.62. The molecule has 1 unspecified atom stereocenters. The molecule has 1 heterocycles. The number of hydrogen-bond acceptors (Lipinski definition) is 2. The van der Waals surface area contributed by atoms with E-state index in [-0.39, 0.29) is 22.0 Å². The SMILES string of the molecule is C=CC12CC[C@H](C)[C@@H]3[C@@]1(C)C(=CS3(=O)=O)C2. The molecule has 3 rings (SSSR count). The summed E-state index contributed by atoms with van der Waals surface area (Å²) in [5, 5.41) is 1.36. The second-order valence-corrected chi connectivity index (χ2v) is 7.83. The van der Waals surface area contributed by atoms with Crippen molar-refractivity contribution < 1.29 is 8.42 Å². The summed E-state index contributed by atoms with van der Waals surface area (Å²) >= 11 is 0. The summed E-state index contributed by atoms with van der Waals surface area (Å²) in [6.07, 6.45) is 5.03. The minimum atomic E-state index is -3.02. The molecular weight excluding hydrogens is 220 g/mol. The van der Waals surface area contributed by atoms with Crippen molar-refractivity contribution in [2.45, 2.75) is 38.4 Å². The number of rotatable bonds is 1. The van der Waals surface area contributed by atoms with Crippen LogP contribution in [-0.4, -0.2) is 13.7 Å². The Morgan fingerprint density at radius 2 is 2.25 bits per heavy atom. The van der Waals surface area contributed by atoms with Crippen LogP contribution in [0.5, 0.6) is 0 Å². The summed E-state index contributed by atoms with van der Waals surface area (Å²) < 4.78 is 24.4. The fourth-order valence-electron chi connectivity index (χ4n) is 4.41. The van der Waals surface area contributed by atoms with Crippen LogP contribution in [0.15, 0.2) is 23.6 Å². The van der Waals surface area contributed by atoms with Gasteiger partial charge in [-0.15, -0.1) is 6.58 Å². The van der Waals surface area contributed by atoms with Crippen molar-refractivity contribution in [3.05, 3.63) is 23.6 Å². The number of allylic oxidation sites excluding steroid dienone is 2. The van der Waals surface area contributed by atoms with Gasteiger partial charge in [-0.05, 0) is 30.8 Å². The topological polar surface area (TPSA) is 34.1 Å². The van der Waals surface area contributed by atoms with Crippen molar-refractivity contribution >= 4 is 9.84 Å². The monoisotopic (exact) mass is 238 g/mol. The Hall–Kier alpha value is -0.570. The van der Waals surface area contributed by atoms with Crippen molar-refractivity contribution in [2.75, 3.05) is 0 Å². The first-order valence-corrected chi connectivity index (χ1v) is 7.57. The van der Waals surface area contributed by atoms with Crippen LogP contribution in [-0.2, 0) is 9.84 Å². The molecule has 0 spiro atoms. The van der Waals surface area contributed by atoms with E-state index < -0.39 is 9.84 Å². The van der Waals surface area contributed by atoms with E-state index in [1.54, 1.807) is 5.41 Å². The third kappa shape index (κ3) is 0.849. The minimum absolute atomic E-state index is 0.0551. The predicted octanol–water partition coefficient (Wildman–Crippen LogP) is 2.68. The van der Waals surface area contributed by atoms with E-state index in [1.165, 1.54) is 0 Å². The first-order valence-electron chi connectivity index (χ1n) is 5.96. The average molecular weight is 238 g/mol. The van der Waals surface area contributed by atoms with Crippen molar-refractivity contribution in [1.29, 1.82) is 0 Å². The lowest BCUT2D eigenvalue weighted by atomic mass is 9.41. The van der Waals surface area contributed by atoms with Crippen molar-refractivity contribution in [2.24, 2.45) is 16.7 Å². The molecule has 88 valence electrons. The zero-order chi connectivity index (χ0) is 11.8. The lowest BCUT2D eigenvalue weighted by molar-refractivity contribution is -0.00523. The van der Waals surface area contributed by atoms with Gasteiger partial charge in [0.25, 0.3) is 0 Å². The molecule has 0 saturated heterocycles. The second kappa shape index (κ2) is 2.63. The number of hydrogen-bond donors (Lipinski definition) is 0. The van der Waals surface area contributed by atoms with Crippen LogP contribution < -0.4 is 0 Å². The highest BCUT2D eigenvalue weighted by Gasteiger charge is 2.70. The van der Waals surface area contributed by atoms with E-state index in [4.69, 9.17) is 0 Å². The molecule has 0 radical (unpaired) electrons. The highest BCUT2D eigenvalue weighted by molar-refractivity contribution is 7.95. The standard InChI is InChI=1S/C13H18O2S/c1-4-13-6-5-9(2)11-12(13,3)10(7-13)8-16(11,14)15/h4,8-9,11H,1,5-7H2,2-3H3/t9-,11+,12+,13?/m0/s1. The van der Waals surface area contributed by atoms with Crippen LogP contribution in [0.25, 0.3) is 0 Å². The van der Waals surface area contributed by atoms with Crippen LogP contribution in [0.4, 0.5) is 0 Å². The van der Waals surface area contributed by atoms with Gasteiger partial charge >= 0.3 is 0 Å². The van der Waals surface area contributed by atoms with E-state index in [0.29, 0.717) is 0 Å². The van der Waals surface area contributed by atoms with Crippen LogP contribution in [0.1, 0.15) is 33.1 Å². The summed E-state index contributed by atoms with van der Waals surface area (Å²) in [6.45, 7) is 8.16. The Balaban J connectivity index is 2.22. The summed E-state index contributed by atoms with van der Waals surface area (Å²) in [4.78, 5) is 0. The summed E-state index contributed by atoms with van der Waals surface area (Å²) in [6, 6.07) is 0. The van der Waals surface area contributed by atoms with Gasteiger partial charge in [-0.2, -0.15) is 0 Å². The Morgan fingerprint density at radius 1 is 1.56 bits per heavy atom. The normalized spacial score (nSPS) is 52.5. The third-order valence-corrected chi connectivity index (χ3v) is 7.65. The van der Waals surface area contributed by atoms with Gasteiger partial charge in [0.2, 0.25) is 0 Å². The van der Waals surface area contributed by atoms with Crippen molar-refractivity contribution in [1.82, 2.24) is 0 Å². The van der Waals surface area contributed by atoms with Gasteiger partial charge in [0.15, 0.2) is 9.84 Å². The first kappa shape index (κ1) is 10.6. The molecule has 0 aromatic rings. The fourth-order valence-corrected chi connectivity index (χ4v) is 7.11. The molecule has 0 amide bonds. The largest absolute Gasteiger partial charge is 0.224 e. The van der Waals surface area contributed by atoms with Gasteiger partial charge < -0.3 is 0 Å². The smallest absolute Gasteiger partial charge is 0.175 e.